The number of rotatable bonds is 6. The van der Waals surface area contributed by atoms with E-state index in [1.165, 1.54) is 6.20 Å². The fourth-order valence-electron chi connectivity index (χ4n) is 3.84. The minimum Gasteiger partial charge on any atom is -0.322 e. The van der Waals surface area contributed by atoms with Crippen LogP contribution in [-0.4, -0.2) is 36.2 Å². The predicted octanol–water partition coefficient (Wildman–Crippen LogP) is 4.43. The topological polar surface area (TPSA) is 106 Å². The third-order valence-electron chi connectivity index (χ3n) is 5.62. The second kappa shape index (κ2) is 9.22. The molecule has 0 bridgehead atoms. The number of hydrogen-bond acceptors (Lipinski definition) is 5. The first kappa shape index (κ1) is 22.0. The van der Waals surface area contributed by atoms with Crippen LogP contribution in [0, 0.1) is 6.92 Å². The van der Waals surface area contributed by atoms with Crippen molar-refractivity contribution in [3.8, 4) is 11.3 Å². The lowest BCUT2D eigenvalue weighted by atomic mass is 10.1. The third-order valence-corrected chi connectivity index (χ3v) is 5.62. The van der Waals surface area contributed by atoms with Gasteiger partial charge in [-0.2, -0.15) is 10.2 Å². The van der Waals surface area contributed by atoms with Crippen molar-refractivity contribution >= 4 is 28.8 Å². The molecule has 3 heterocycles. The smallest absolute Gasteiger partial charge is 0.273 e. The third kappa shape index (κ3) is 4.39. The molecule has 0 aliphatic heterocycles. The Labute approximate surface area is 201 Å². The van der Waals surface area contributed by atoms with Crippen molar-refractivity contribution in [1.82, 2.24) is 24.4 Å². The minimum absolute atomic E-state index is 0.275. The van der Waals surface area contributed by atoms with Gasteiger partial charge in [-0.1, -0.05) is 35.9 Å². The van der Waals surface area contributed by atoms with Gasteiger partial charge in [0.25, 0.3) is 11.8 Å². The summed E-state index contributed by atoms with van der Waals surface area (Å²) in [6.07, 6.45) is 4.76. The molecular weight excluding hydrogens is 442 g/mol. The van der Waals surface area contributed by atoms with Gasteiger partial charge in [-0.15, -0.1) is 0 Å². The largest absolute Gasteiger partial charge is 0.322 e. The number of hydrogen-bond donors (Lipinski definition) is 2. The Morgan fingerprint density at radius 1 is 0.886 bits per heavy atom. The summed E-state index contributed by atoms with van der Waals surface area (Å²) in [5.41, 5.74) is 5.33. The Morgan fingerprint density at radius 3 is 2.37 bits per heavy atom. The van der Waals surface area contributed by atoms with Gasteiger partial charge >= 0.3 is 0 Å². The van der Waals surface area contributed by atoms with E-state index in [9.17, 15) is 9.59 Å². The standard InChI is InChI=1S/C26H23N7O2/c1-3-32-23(12-14-28-32)26(35)31-20-6-4-5-19(15-20)30-25(34)21-16-29-33-22(11-13-27-24(21)33)18-9-7-17(2)8-10-18/h4-16H,3H2,1-2H3,(H,30,34)(H,31,35). The number of benzene rings is 2. The van der Waals surface area contributed by atoms with Crippen molar-refractivity contribution in [3.05, 3.63) is 96.1 Å². The maximum absolute atomic E-state index is 13.1. The monoisotopic (exact) mass is 465 g/mol. The maximum Gasteiger partial charge on any atom is 0.273 e. The van der Waals surface area contributed by atoms with Crippen LogP contribution in [0.25, 0.3) is 16.9 Å². The molecule has 9 nitrogen and oxygen atoms in total. The van der Waals surface area contributed by atoms with Crippen LogP contribution in [0.1, 0.15) is 33.3 Å². The highest BCUT2D eigenvalue weighted by atomic mass is 16.2. The number of nitrogens with one attached hydrogen (secondary N) is 2. The zero-order valence-corrected chi connectivity index (χ0v) is 19.3. The fraction of sp³-hybridized carbons (Fsp3) is 0.115. The molecule has 0 atom stereocenters. The molecule has 35 heavy (non-hydrogen) atoms. The molecule has 0 unspecified atom stereocenters. The van der Waals surface area contributed by atoms with E-state index in [0.717, 1.165) is 16.8 Å². The zero-order valence-electron chi connectivity index (χ0n) is 19.3. The Morgan fingerprint density at radius 2 is 1.63 bits per heavy atom. The fourth-order valence-corrected chi connectivity index (χ4v) is 3.84. The summed E-state index contributed by atoms with van der Waals surface area (Å²) in [5, 5.41) is 14.3. The summed E-state index contributed by atoms with van der Waals surface area (Å²) in [6, 6.07) is 18.6. The second-order valence-electron chi connectivity index (χ2n) is 8.01. The predicted molar refractivity (Wildman–Crippen MR) is 133 cm³/mol. The van der Waals surface area contributed by atoms with Gasteiger partial charge in [-0.05, 0) is 44.2 Å². The molecule has 3 aromatic heterocycles. The van der Waals surface area contributed by atoms with Crippen LogP contribution in [0.3, 0.4) is 0 Å². The molecule has 0 fully saturated rings. The summed E-state index contributed by atoms with van der Waals surface area (Å²) >= 11 is 0. The normalized spacial score (nSPS) is 10.9. The first-order valence-electron chi connectivity index (χ1n) is 11.2. The highest BCUT2D eigenvalue weighted by molar-refractivity contribution is 6.09. The van der Waals surface area contributed by atoms with Crippen LogP contribution in [-0.2, 0) is 6.54 Å². The number of carbonyl (C=O) groups excluding carboxylic acids is 2. The zero-order chi connectivity index (χ0) is 24.4. The molecule has 174 valence electrons. The molecule has 9 heteroatoms. The van der Waals surface area contributed by atoms with E-state index < -0.39 is 0 Å². The van der Waals surface area contributed by atoms with Crippen LogP contribution in [0.2, 0.25) is 0 Å². The molecule has 0 saturated carbocycles. The first-order valence-corrected chi connectivity index (χ1v) is 11.2. The van der Waals surface area contributed by atoms with Crippen LogP contribution >= 0.6 is 0 Å². The summed E-state index contributed by atoms with van der Waals surface area (Å²) in [4.78, 5) is 30.1. The van der Waals surface area contributed by atoms with Gasteiger partial charge in [0.05, 0.1) is 11.9 Å². The van der Waals surface area contributed by atoms with E-state index in [1.807, 2.05) is 44.2 Å². The lowest BCUT2D eigenvalue weighted by Crippen LogP contribution is -2.17. The highest BCUT2D eigenvalue weighted by Crippen LogP contribution is 2.23. The van der Waals surface area contributed by atoms with E-state index in [-0.39, 0.29) is 11.8 Å². The van der Waals surface area contributed by atoms with Crippen LogP contribution in [0.4, 0.5) is 11.4 Å². The van der Waals surface area contributed by atoms with Crippen LogP contribution in [0.5, 0.6) is 0 Å². The quantitative estimate of drug-likeness (QED) is 0.386. The molecule has 5 aromatic rings. The Balaban J connectivity index is 1.36. The number of nitrogens with zero attached hydrogens (tertiary/aromatic N) is 5. The van der Waals surface area contributed by atoms with Crippen molar-refractivity contribution in [1.29, 1.82) is 0 Å². The van der Waals surface area contributed by atoms with Gasteiger partial charge in [0, 0.05) is 35.9 Å². The molecule has 0 spiro atoms. The van der Waals surface area contributed by atoms with E-state index >= 15 is 0 Å². The summed E-state index contributed by atoms with van der Waals surface area (Å²) < 4.78 is 3.27. The molecule has 2 N–H and O–H groups in total. The summed E-state index contributed by atoms with van der Waals surface area (Å²) in [5.74, 6) is -0.621. The molecule has 0 radical (unpaired) electrons. The van der Waals surface area contributed by atoms with Gasteiger partial charge in [0.2, 0.25) is 0 Å². The lowest BCUT2D eigenvalue weighted by molar-refractivity contribution is 0.101. The second-order valence-corrected chi connectivity index (χ2v) is 8.01. The Bertz CT molecular complexity index is 1530. The summed E-state index contributed by atoms with van der Waals surface area (Å²) in [7, 11) is 0. The molecule has 0 saturated heterocycles. The molecule has 0 aliphatic carbocycles. The average Bonchev–Trinajstić information content (AvgIpc) is 3.52. The average molecular weight is 466 g/mol. The van der Waals surface area contributed by atoms with Crippen molar-refractivity contribution in [2.75, 3.05) is 10.6 Å². The van der Waals surface area contributed by atoms with Crippen LogP contribution in [0.15, 0.2) is 79.3 Å². The van der Waals surface area contributed by atoms with Gasteiger partial charge in [0.1, 0.15) is 11.3 Å². The summed E-state index contributed by atoms with van der Waals surface area (Å²) in [6.45, 7) is 4.53. The SMILES string of the molecule is CCn1nccc1C(=O)Nc1cccc(NC(=O)c2cnn3c(-c4ccc(C)cc4)ccnc23)c1. The van der Waals surface area contributed by atoms with Crippen LogP contribution < -0.4 is 10.6 Å². The minimum atomic E-state index is -0.346. The van der Waals surface area contributed by atoms with Gasteiger partial charge in [-0.3, -0.25) is 14.3 Å². The molecule has 0 aliphatic rings. The van der Waals surface area contributed by atoms with Gasteiger partial charge in [0.15, 0.2) is 5.65 Å². The number of aryl methyl sites for hydroxylation is 2. The van der Waals surface area contributed by atoms with E-state index in [1.54, 1.807) is 51.9 Å². The van der Waals surface area contributed by atoms with E-state index in [0.29, 0.717) is 34.8 Å². The highest BCUT2D eigenvalue weighted by Gasteiger charge is 2.17. The molecular formula is C26H23N7O2. The number of anilines is 2. The molecule has 5 rings (SSSR count). The molecule has 2 amide bonds. The van der Waals surface area contributed by atoms with E-state index in [4.69, 9.17) is 0 Å². The number of fused-ring (bicyclic) bond motifs is 1. The van der Waals surface area contributed by atoms with E-state index in [2.05, 4.69) is 25.8 Å². The van der Waals surface area contributed by atoms with Gasteiger partial charge in [-0.25, -0.2) is 9.50 Å². The number of aromatic nitrogens is 5. The molecule has 2 aromatic carbocycles. The lowest BCUT2D eigenvalue weighted by Gasteiger charge is -2.09. The van der Waals surface area contributed by atoms with Crippen molar-refractivity contribution in [2.45, 2.75) is 20.4 Å². The number of carbonyl (C=O) groups is 2. The maximum atomic E-state index is 13.1. The van der Waals surface area contributed by atoms with Crippen molar-refractivity contribution < 1.29 is 9.59 Å². The van der Waals surface area contributed by atoms with Crippen molar-refractivity contribution in [3.63, 3.8) is 0 Å². The Kier molecular flexibility index (Phi) is 5.80. The number of amides is 2. The van der Waals surface area contributed by atoms with Gasteiger partial charge < -0.3 is 10.6 Å². The van der Waals surface area contributed by atoms with Crippen molar-refractivity contribution in [2.24, 2.45) is 0 Å². The first-order chi connectivity index (χ1) is 17.0. The Hall–Kier alpha value is -4.79.